The molecule has 0 saturated carbocycles. The summed E-state index contributed by atoms with van der Waals surface area (Å²) in [4.78, 5) is 10.6. The quantitative estimate of drug-likeness (QED) is 0.812. The average Bonchev–Trinajstić information content (AvgIpc) is 2.33. The summed E-state index contributed by atoms with van der Waals surface area (Å²) in [5, 5.41) is 3.24. The molecule has 18 heavy (non-hydrogen) atoms. The number of nitrogens with one attached hydrogen (secondary N) is 1. The topological polar surface area (TPSA) is 67.1 Å². The van der Waals surface area contributed by atoms with Gasteiger partial charge in [0.05, 0.1) is 0 Å². The van der Waals surface area contributed by atoms with Crippen molar-refractivity contribution in [2.75, 3.05) is 29.5 Å². The first-order chi connectivity index (χ1) is 8.45. The highest BCUT2D eigenvalue weighted by atomic mass is 15.2. The third-order valence-electron chi connectivity index (χ3n) is 3.22. The zero-order valence-electron chi connectivity index (χ0n) is 12.1. The molecule has 0 radical (unpaired) electrons. The van der Waals surface area contributed by atoms with Gasteiger partial charge in [0.25, 0.3) is 0 Å². The molecule has 5 heteroatoms. The van der Waals surface area contributed by atoms with Crippen molar-refractivity contribution in [2.45, 2.75) is 40.2 Å². The number of rotatable bonds is 6. The summed E-state index contributed by atoms with van der Waals surface area (Å²) in [7, 11) is 2.04. The second kappa shape index (κ2) is 6.42. The van der Waals surface area contributed by atoms with Crippen molar-refractivity contribution in [1.82, 2.24) is 9.97 Å². The molecule has 102 valence electrons. The van der Waals surface area contributed by atoms with Crippen LogP contribution in [-0.4, -0.2) is 29.6 Å². The molecule has 1 rings (SSSR count). The standard InChI is InChI=1S/C13H25N5/c1-6-7-15-11-8-12(17-13(14)16-11)18(5)10(4)9(2)3/h8-10H,6-7H2,1-5H3,(H3,14,15,16,17). The number of nitrogens with zero attached hydrogens (tertiary/aromatic N) is 3. The molecule has 1 unspecified atom stereocenters. The summed E-state index contributed by atoms with van der Waals surface area (Å²) >= 11 is 0. The molecule has 5 nitrogen and oxygen atoms in total. The molecule has 1 aromatic heterocycles. The number of hydrogen-bond donors (Lipinski definition) is 2. The van der Waals surface area contributed by atoms with Gasteiger partial charge in [0, 0.05) is 25.7 Å². The van der Waals surface area contributed by atoms with E-state index in [-0.39, 0.29) is 0 Å². The van der Waals surface area contributed by atoms with Crippen LogP contribution in [0.5, 0.6) is 0 Å². The molecule has 3 N–H and O–H groups in total. The van der Waals surface area contributed by atoms with Gasteiger partial charge >= 0.3 is 0 Å². The van der Waals surface area contributed by atoms with Gasteiger partial charge in [-0.25, -0.2) is 0 Å². The molecule has 0 spiro atoms. The Balaban J connectivity index is 2.91. The van der Waals surface area contributed by atoms with E-state index in [0.29, 0.717) is 17.9 Å². The van der Waals surface area contributed by atoms with Crippen LogP contribution < -0.4 is 16.0 Å². The van der Waals surface area contributed by atoms with Crippen LogP contribution in [-0.2, 0) is 0 Å². The molecular weight excluding hydrogens is 226 g/mol. The molecule has 0 aromatic carbocycles. The molecule has 0 saturated heterocycles. The van der Waals surface area contributed by atoms with Crippen molar-refractivity contribution in [1.29, 1.82) is 0 Å². The van der Waals surface area contributed by atoms with E-state index in [0.717, 1.165) is 24.6 Å². The highest BCUT2D eigenvalue weighted by molar-refractivity contribution is 5.52. The van der Waals surface area contributed by atoms with Crippen molar-refractivity contribution in [3.05, 3.63) is 6.07 Å². The minimum atomic E-state index is 0.314. The minimum Gasteiger partial charge on any atom is -0.370 e. The fraction of sp³-hybridized carbons (Fsp3) is 0.692. The lowest BCUT2D eigenvalue weighted by atomic mass is 10.1. The van der Waals surface area contributed by atoms with Crippen LogP contribution in [0.4, 0.5) is 17.6 Å². The monoisotopic (exact) mass is 251 g/mol. The molecule has 0 aliphatic carbocycles. The minimum absolute atomic E-state index is 0.314. The van der Waals surface area contributed by atoms with E-state index in [9.17, 15) is 0 Å². The van der Waals surface area contributed by atoms with Gasteiger partial charge in [-0.2, -0.15) is 9.97 Å². The molecule has 1 aromatic rings. The first kappa shape index (κ1) is 14.5. The van der Waals surface area contributed by atoms with Crippen LogP contribution in [0.2, 0.25) is 0 Å². The maximum absolute atomic E-state index is 5.76. The molecule has 0 aliphatic rings. The Bertz CT molecular complexity index is 378. The van der Waals surface area contributed by atoms with Gasteiger partial charge in [0.15, 0.2) is 0 Å². The normalized spacial score (nSPS) is 12.6. The van der Waals surface area contributed by atoms with Gasteiger partial charge in [-0.3, -0.25) is 0 Å². The second-order valence-electron chi connectivity index (χ2n) is 4.99. The van der Waals surface area contributed by atoms with Gasteiger partial charge in [0.1, 0.15) is 11.6 Å². The summed E-state index contributed by atoms with van der Waals surface area (Å²) in [6.07, 6.45) is 1.05. The van der Waals surface area contributed by atoms with Crippen LogP contribution in [0.1, 0.15) is 34.1 Å². The van der Waals surface area contributed by atoms with Gasteiger partial charge < -0.3 is 16.0 Å². The predicted molar refractivity (Wildman–Crippen MR) is 77.9 cm³/mol. The number of hydrogen-bond acceptors (Lipinski definition) is 5. The predicted octanol–water partition coefficient (Wildman–Crippen LogP) is 2.36. The fourth-order valence-corrected chi connectivity index (χ4v) is 1.63. The van der Waals surface area contributed by atoms with E-state index < -0.39 is 0 Å². The van der Waals surface area contributed by atoms with Crippen LogP contribution >= 0.6 is 0 Å². The Morgan fingerprint density at radius 1 is 1.33 bits per heavy atom. The highest BCUT2D eigenvalue weighted by Gasteiger charge is 2.16. The van der Waals surface area contributed by atoms with E-state index >= 15 is 0 Å². The lowest BCUT2D eigenvalue weighted by Crippen LogP contribution is -2.34. The zero-order valence-corrected chi connectivity index (χ0v) is 12.1. The number of nitrogens with two attached hydrogens (primary N) is 1. The molecule has 0 amide bonds. The SMILES string of the molecule is CCCNc1cc(N(C)C(C)C(C)C)nc(N)n1. The summed E-state index contributed by atoms with van der Waals surface area (Å²) in [5.74, 6) is 2.52. The summed E-state index contributed by atoms with van der Waals surface area (Å²) in [6, 6.07) is 2.35. The maximum Gasteiger partial charge on any atom is 0.223 e. The molecule has 0 fully saturated rings. The van der Waals surface area contributed by atoms with Gasteiger partial charge in [-0.15, -0.1) is 0 Å². The van der Waals surface area contributed by atoms with Crippen LogP contribution in [0.25, 0.3) is 0 Å². The second-order valence-corrected chi connectivity index (χ2v) is 4.99. The smallest absolute Gasteiger partial charge is 0.223 e. The van der Waals surface area contributed by atoms with Crippen molar-refractivity contribution in [3.63, 3.8) is 0 Å². The molecule has 0 bridgehead atoms. The summed E-state index contributed by atoms with van der Waals surface area (Å²) < 4.78 is 0. The largest absolute Gasteiger partial charge is 0.370 e. The summed E-state index contributed by atoms with van der Waals surface area (Å²) in [6.45, 7) is 9.58. The van der Waals surface area contributed by atoms with Gasteiger partial charge in [-0.1, -0.05) is 20.8 Å². The van der Waals surface area contributed by atoms with Gasteiger partial charge in [-0.05, 0) is 19.3 Å². The van der Waals surface area contributed by atoms with Crippen molar-refractivity contribution < 1.29 is 0 Å². The zero-order chi connectivity index (χ0) is 13.7. The van der Waals surface area contributed by atoms with Crippen LogP contribution in [0.3, 0.4) is 0 Å². The molecular formula is C13H25N5. The Labute approximate surface area is 110 Å². The lowest BCUT2D eigenvalue weighted by molar-refractivity contribution is 0.503. The van der Waals surface area contributed by atoms with E-state index in [2.05, 4.69) is 47.9 Å². The highest BCUT2D eigenvalue weighted by Crippen LogP contribution is 2.20. The number of aromatic nitrogens is 2. The van der Waals surface area contributed by atoms with Crippen LogP contribution in [0, 0.1) is 5.92 Å². The van der Waals surface area contributed by atoms with Crippen molar-refractivity contribution in [3.8, 4) is 0 Å². The average molecular weight is 251 g/mol. The number of anilines is 3. The molecule has 1 atom stereocenters. The Hall–Kier alpha value is -1.52. The fourth-order valence-electron chi connectivity index (χ4n) is 1.63. The first-order valence-corrected chi connectivity index (χ1v) is 6.57. The molecule has 1 heterocycles. The Kier molecular flexibility index (Phi) is 5.19. The summed E-state index contributed by atoms with van der Waals surface area (Å²) in [5.41, 5.74) is 5.76. The van der Waals surface area contributed by atoms with E-state index in [1.54, 1.807) is 0 Å². The van der Waals surface area contributed by atoms with Crippen molar-refractivity contribution >= 4 is 17.6 Å². The Morgan fingerprint density at radius 2 is 2.00 bits per heavy atom. The van der Waals surface area contributed by atoms with Crippen LogP contribution in [0.15, 0.2) is 6.07 Å². The maximum atomic E-state index is 5.76. The van der Waals surface area contributed by atoms with E-state index in [1.807, 2.05) is 13.1 Å². The Morgan fingerprint density at radius 3 is 2.56 bits per heavy atom. The number of nitrogen functional groups attached to an aromatic ring is 1. The third-order valence-corrected chi connectivity index (χ3v) is 3.22. The van der Waals surface area contributed by atoms with E-state index in [4.69, 9.17) is 5.73 Å². The first-order valence-electron chi connectivity index (χ1n) is 6.57. The van der Waals surface area contributed by atoms with Gasteiger partial charge in [0.2, 0.25) is 5.95 Å². The van der Waals surface area contributed by atoms with Crippen molar-refractivity contribution in [2.24, 2.45) is 5.92 Å². The van der Waals surface area contributed by atoms with E-state index in [1.165, 1.54) is 0 Å². The molecule has 0 aliphatic heterocycles. The third kappa shape index (κ3) is 3.75. The lowest BCUT2D eigenvalue weighted by Gasteiger charge is -2.29.